The van der Waals surface area contributed by atoms with Gasteiger partial charge in [0.2, 0.25) is 0 Å². The van der Waals surface area contributed by atoms with E-state index in [1.54, 1.807) is 38.1 Å². The summed E-state index contributed by atoms with van der Waals surface area (Å²) in [5.41, 5.74) is 1.51. The Labute approximate surface area is 189 Å². The number of hydrogen-bond donors (Lipinski definition) is 1. The zero-order valence-corrected chi connectivity index (χ0v) is 18.2. The number of anilines is 1. The summed E-state index contributed by atoms with van der Waals surface area (Å²) >= 11 is 0. The number of alkyl halides is 3. The third-order valence-corrected chi connectivity index (χ3v) is 4.65. The largest absolute Gasteiger partial charge is 0.435 e. The third kappa shape index (κ3) is 5.80. The number of halogens is 3. The second-order valence-electron chi connectivity index (χ2n) is 7.02. The predicted molar refractivity (Wildman–Crippen MR) is 120 cm³/mol. The van der Waals surface area contributed by atoms with E-state index in [4.69, 9.17) is 4.84 Å². The molecule has 1 heterocycles. The first-order chi connectivity index (χ1) is 15.7. The Morgan fingerprint density at radius 1 is 1.18 bits per heavy atom. The lowest BCUT2D eigenvalue weighted by atomic mass is 10.0. The van der Waals surface area contributed by atoms with E-state index >= 15 is 0 Å². The summed E-state index contributed by atoms with van der Waals surface area (Å²) in [5.74, 6) is 4.57. The van der Waals surface area contributed by atoms with Gasteiger partial charge in [-0.2, -0.15) is 18.3 Å². The van der Waals surface area contributed by atoms with Gasteiger partial charge in [-0.05, 0) is 31.0 Å². The van der Waals surface area contributed by atoms with E-state index in [1.807, 2.05) is 24.3 Å². The molecule has 0 aliphatic heterocycles. The molecule has 170 valence electrons. The molecule has 1 amide bonds. The fourth-order valence-electron chi connectivity index (χ4n) is 3.07. The Morgan fingerprint density at radius 3 is 2.55 bits per heavy atom. The van der Waals surface area contributed by atoms with E-state index in [2.05, 4.69) is 27.4 Å². The molecule has 6 nitrogen and oxygen atoms in total. The van der Waals surface area contributed by atoms with Gasteiger partial charge >= 0.3 is 6.18 Å². The highest BCUT2D eigenvalue weighted by atomic mass is 19.4. The number of oxime groups is 1. The van der Waals surface area contributed by atoms with E-state index in [1.165, 1.54) is 7.05 Å². The Balaban J connectivity index is 1.84. The van der Waals surface area contributed by atoms with Crippen LogP contribution in [-0.2, 0) is 18.1 Å². The third-order valence-electron chi connectivity index (χ3n) is 4.65. The second-order valence-corrected chi connectivity index (χ2v) is 7.02. The average molecular weight is 454 g/mol. The minimum atomic E-state index is -4.74. The molecule has 0 saturated carbocycles. The summed E-state index contributed by atoms with van der Waals surface area (Å²) < 4.78 is 40.7. The van der Waals surface area contributed by atoms with Crippen LogP contribution in [0.25, 0.3) is 11.1 Å². The Bertz CT molecular complexity index is 1230. The lowest BCUT2D eigenvalue weighted by Crippen LogP contribution is -2.18. The van der Waals surface area contributed by atoms with Crippen LogP contribution in [0.2, 0.25) is 0 Å². The number of aryl methyl sites for hydroxylation is 1. The first-order valence-electron chi connectivity index (χ1n) is 9.89. The summed E-state index contributed by atoms with van der Waals surface area (Å²) in [6.45, 7) is 3.71. The topological polar surface area (TPSA) is 68.5 Å². The molecule has 0 saturated heterocycles. The van der Waals surface area contributed by atoms with Crippen molar-refractivity contribution in [3.05, 3.63) is 71.5 Å². The molecule has 2 aromatic carbocycles. The zero-order chi connectivity index (χ0) is 24.0. The van der Waals surface area contributed by atoms with Gasteiger partial charge in [0, 0.05) is 24.5 Å². The molecular weight excluding hydrogens is 433 g/mol. The van der Waals surface area contributed by atoms with Crippen LogP contribution >= 0.6 is 0 Å². The maximum atomic E-state index is 13.2. The van der Waals surface area contributed by atoms with Crippen molar-refractivity contribution < 1.29 is 22.8 Å². The minimum absolute atomic E-state index is 0.200. The first kappa shape index (κ1) is 23.6. The van der Waals surface area contributed by atoms with E-state index < -0.39 is 23.3 Å². The molecule has 3 rings (SSSR count). The first-order valence-corrected chi connectivity index (χ1v) is 9.89. The van der Waals surface area contributed by atoms with Crippen LogP contribution < -0.4 is 5.32 Å². The lowest BCUT2D eigenvalue weighted by Gasteiger charge is -2.12. The summed E-state index contributed by atoms with van der Waals surface area (Å²) in [7, 11) is 1.33. The van der Waals surface area contributed by atoms with Gasteiger partial charge in [0.05, 0.1) is 11.3 Å². The van der Waals surface area contributed by atoms with Crippen molar-refractivity contribution in [1.82, 2.24) is 9.78 Å². The van der Waals surface area contributed by atoms with Crippen LogP contribution in [0, 0.1) is 11.8 Å². The van der Waals surface area contributed by atoms with Gasteiger partial charge in [-0.3, -0.25) is 9.48 Å². The molecule has 0 atom stereocenters. The second kappa shape index (κ2) is 10.0. The molecule has 0 unspecified atom stereocenters. The highest BCUT2D eigenvalue weighted by molar-refractivity contribution is 6.07. The smallest absolute Gasteiger partial charge is 0.382 e. The van der Waals surface area contributed by atoms with Crippen molar-refractivity contribution in [2.75, 3.05) is 11.9 Å². The fourth-order valence-corrected chi connectivity index (χ4v) is 3.07. The molecule has 1 aromatic heterocycles. The summed E-state index contributed by atoms with van der Waals surface area (Å²) in [4.78, 5) is 17.8. The molecule has 0 aliphatic rings. The number of hydrogen-bond acceptors (Lipinski definition) is 4. The van der Waals surface area contributed by atoms with Gasteiger partial charge in [-0.25, -0.2) is 0 Å². The highest BCUT2D eigenvalue weighted by Gasteiger charge is 2.39. The maximum Gasteiger partial charge on any atom is 0.435 e. The normalized spacial score (nSPS) is 11.5. The van der Waals surface area contributed by atoms with Gasteiger partial charge in [0.25, 0.3) is 5.91 Å². The van der Waals surface area contributed by atoms with Crippen molar-refractivity contribution in [1.29, 1.82) is 0 Å². The van der Waals surface area contributed by atoms with Crippen molar-refractivity contribution in [3.8, 4) is 23.0 Å². The Kier molecular flexibility index (Phi) is 7.18. The standard InChI is InChI=1S/C24H21F3N4O2/c1-4-5-14-33-30-16(2)17-10-12-18(13-11-17)19-8-6-7-9-21(19)28-23(32)20-15-31(3)29-22(20)24(25,26)27/h6-13,15H,14H2,1-3H3,(H,28,32)/b30-16-. The summed E-state index contributed by atoms with van der Waals surface area (Å²) in [6, 6.07) is 14.2. The van der Waals surface area contributed by atoms with Crippen LogP contribution in [0.4, 0.5) is 18.9 Å². The van der Waals surface area contributed by atoms with Crippen molar-refractivity contribution in [2.24, 2.45) is 12.2 Å². The van der Waals surface area contributed by atoms with E-state index in [0.29, 0.717) is 17.0 Å². The van der Waals surface area contributed by atoms with Crippen molar-refractivity contribution >= 4 is 17.3 Å². The number of amides is 1. The van der Waals surface area contributed by atoms with Crippen LogP contribution in [0.15, 0.2) is 59.9 Å². The van der Waals surface area contributed by atoms with Gasteiger partial charge in [-0.15, -0.1) is 5.92 Å². The lowest BCUT2D eigenvalue weighted by molar-refractivity contribution is -0.141. The van der Waals surface area contributed by atoms with E-state index in [0.717, 1.165) is 22.0 Å². The van der Waals surface area contributed by atoms with Gasteiger partial charge in [-0.1, -0.05) is 53.5 Å². The van der Waals surface area contributed by atoms with Crippen LogP contribution in [0.3, 0.4) is 0 Å². The van der Waals surface area contributed by atoms with Gasteiger partial charge in [0.15, 0.2) is 12.3 Å². The number of carbonyl (C=O) groups excluding carboxylic acids is 1. The van der Waals surface area contributed by atoms with Crippen LogP contribution in [-0.4, -0.2) is 28.0 Å². The average Bonchev–Trinajstić information content (AvgIpc) is 3.20. The summed E-state index contributed by atoms with van der Waals surface area (Å²) in [6.07, 6.45) is -3.69. The quantitative estimate of drug-likeness (QED) is 0.243. The molecule has 0 fully saturated rings. The Hall–Kier alpha value is -4.06. The molecular formula is C24H21F3N4O2. The van der Waals surface area contributed by atoms with Gasteiger partial charge < -0.3 is 10.2 Å². The minimum Gasteiger partial charge on any atom is -0.382 e. The number of benzene rings is 2. The summed E-state index contributed by atoms with van der Waals surface area (Å²) in [5, 5.41) is 9.98. The number of para-hydroxylation sites is 1. The molecule has 1 N–H and O–H groups in total. The number of nitrogens with zero attached hydrogens (tertiary/aromatic N) is 3. The van der Waals surface area contributed by atoms with Gasteiger partial charge in [0.1, 0.15) is 0 Å². The zero-order valence-electron chi connectivity index (χ0n) is 18.2. The fraction of sp³-hybridized carbons (Fsp3) is 0.208. The van der Waals surface area contributed by atoms with Crippen LogP contribution in [0.1, 0.15) is 35.5 Å². The SMILES string of the molecule is CC#CCO/N=C(/C)c1ccc(-c2ccccc2NC(=O)c2cn(C)nc2C(F)(F)F)cc1. The molecule has 0 bridgehead atoms. The number of aromatic nitrogens is 2. The monoisotopic (exact) mass is 454 g/mol. The predicted octanol–water partition coefficient (Wildman–Crippen LogP) is 5.12. The molecule has 0 spiro atoms. The number of nitrogens with one attached hydrogen (secondary N) is 1. The maximum absolute atomic E-state index is 13.2. The van der Waals surface area contributed by atoms with Crippen LogP contribution in [0.5, 0.6) is 0 Å². The molecule has 9 heteroatoms. The highest BCUT2D eigenvalue weighted by Crippen LogP contribution is 2.32. The van der Waals surface area contributed by atoms with Crippen molar-refractivity contribution in [2.45, 2.75) is 20.0 Å². The van der Waals surface area contributed by atoms with E-state index in [9.17, 15) is 18.0 Å². The number of carbonyl (C=O) groups is 1. The molecule has 33 heavy (non-hydrogen) atoms. The van der Waals surface area contributed by atoms with E-state index in [-0.39, 0.29) is 6.61 Å². The molecule has 0 radical (unpaired) electrons. The Morgan fingerprint density at radius 2 is 1.88 bits per heavy atom. The molecule has 3 aromatic rings. The van der Waals surface area contributed by atoms with Crippen molar-refractivity contribution in [3.63, 3.8) is 0 Å². The molecule has 0 aliphatic carbocycles. The number of rotatable bonds is 6.